The Morgan fingerprint density at radius 1 is 1.50 bits per heavy atom. The van der Waals surface area contributed by atoms with Crippen molar-refractivity contribution in [3.05, 3.63) is 23.9 Å². The third-order valence-electron chi connectivity index (χ3n) is 1.80. The van der Waals surface area contributed by atoms with Crippen LogP contribution in [0.1, 0.15) is 5.56 Å². The van der Waals surface area contributed by atoms with Gasteiger partial charge in [-0.05, 0) is 26.2 Å². The van der Waals surface area contributed by atoms with Gasteiger partial charge in [-0.25, -0.2) is 4.98 Å². The summed E-state index contributed by atoms with van der Waals surface area (Å²) in [5.74, 6) is 0.525. The van der Waals surface area contributed by atoms with Gasteiger partial charge in [0.15, 0.2) is 0 Å². The highest BCUT2D eigenvalue weighted by Gasteiger charge is 2.02. The van der Waals surface area contributed by atoms with Crippen LogP contribution in [0.2, 0.25) is 0 Å². The Hall–Kier alpha value is -1.13. The zero-order chi connectivity index (χ0) is 10.4. The topological polar surface area (TPSA) is 45.6 Å². The lowest BCUT2D eigenvalue weighted by Crippen LogP contribution is -2.20. The van der Waals surface area contributed by atoms with Crippen molar-refractivity contribution in [3.8, 4) is 5.88 Å². The molecular weight excluding hydrogens is 180 g/mol. The van der Waals surface area contributed by atoms with E-state index in [1.807, 2.05) is 19.0 Å². The number of nitrogens with zero attached hydrogens (tertiary/aromatic N) is 2. The van der Waals surface area contributed by atoms with Gasteiger partial charge in [0.2, 0.25) is 5.88 Å². The predicted molar refractivity (Wildman–Crippen MR) is 54.2 cm³/mol. The molecule has 1 N–H and O–H groups in total. The van der Waals surface area contributed by atoms with Crippen LogP contribution in [-0.2, 0) is 6.61 Å². The summed E-state index contributed by atoms with van der Waals surface area (Å²) in [6.07, 6.45) is 1.66. The minimum Gasteiger partial charge on any atom is -0.476 e. The first kappa shape index (κ1) is 10.9. The van der Waals surface area contributed by atoms with E-state index in [-0.39, 0.29) is 6.61 Å². The number of hydrogen-bond donors (Lipinski definition) is 1. The summed E-state index contributed by atoms with van der Waals surface area (Å²) in [5, 5.41) is 9.00. The van der Waals surface area contributed by atoms with Gasteiger partial charge in [-0.2, -0.15) is 0 Å². The van der Waals surface area contributed by atoms with Gasteiger partial charge in [0.25, 0.3) is 0 Å². The number of ether oxygens (including phenoxy) is 1. The van der Waals surface area contributed by atoms with E-state index in [0.717, 1.165) is 12.1 Å². The molecule has 1 aromatic heterocycles. The van der Waals surface area contributed by atoms with E-state index in [1.165, 1.54) is 0 Å². The summed E-state index contributed by atoms with van der Waals surface area (Å²) < 4.78 is 5.43. The Bertz CT molecular complexity index is 277. The highest BCUT2D eigenvalue weighted by Crippen LogP contribution is 2.13. The minimum absolute atomic E-state index is 0.0366. The molecule has 0 amide bonds. The average Bonchev–Trinajstić information content (AvgIpc) is 2.18. The zero-order valence-corrected chi connectivity index (χ0v) is 8.60. The van der Waals surface area contributed by atoms with Gasteiger partial charge in [0, 0.05) is 18.3 Å². The monoisotopic (exact) mass is 196 g/mol. The van der Waals surface area contributed by atoms with E-state index >= 15 is 0 Å². The van der Waals surface area contributed by atoms with Gasteiger partial charge < -0.3 is 14.7 Å². The van der Waals surface area contributed by atoms with Crippen molar-refractivity contribution in [2.45, 2.75) is 6.61 Å². The van der Waals surface area contributed by atoms with E-state index in [9.17, 15) is 0 Å². The second-order valence-electron chi connectivity index (χ2n) is 3.28. The fourth-order valence-electron chi connectivity index (χ4n) is 0.999. The van der Waals surface area contributed by atoms with E-state index in [4.69, 9.17) is 9.84 Å². The molecule has 0 aliphatic rings. The Labute approximate surface area is 84.1 Å². The molecule has 0 spiro atoms. The number of aromatic nitrogens is 1. The van der Waals surface area contributed by atoms with E-state index < -0.39 is 0 Å². The highest BCUT2D eigenvalue weighted by atomic mass is 16.5. The number of rotatable bonds is 5. The second kappa shape index (κ2) is 5.57. The molecule has 0 saturated heterocycles. The Balaban J connectivity index is 2.49. The molecule has 0 unspecified atom stereocenters. The Kier molecular flexibility index (Phi) is 4.35. The lowest BCUT2D eigenvalue weighted by molar-refractivity contribution is 0.236. The molecule has 0 bridgehead atoms. The Morgan fingerprint density at radius 3 is 2.93 bits per heavy atom. The van der Waals surface area contributed by atoms with E-state index in [2.05, 4.69) is 4.98 Å². The lowest BCUT2D eigenvalue weighted by atomic mass is 10.3. The van der Waals surface area contributed by atoms with Crippen LogP contribution in [0, 0.1) is 0 Å². The highest BCUT2D eigenvalue weighted by molar-refractivity contribution is 5.24. The summed E-state index contributed by atoms with van der Waals surface area (Å²) >= 11 is 0. The minimum atomic E-state index is -0.0366. The van der Waals surface area contributed by atoms with Crippen LogP contribution in [0.25, 0.3) is 0 Å². The molecule has 4 nitrogen and oxygen atoms in total. The summed E-state index contributed by atoms with van der Waals surface area (Å²) in [7, 11) is 3.96. The molecular formula is C10H16N2O2. The molecule has 0 radical (unpaired) electrons. The summed E-state index contributed by atoms with van der Waals surface area (Å²) in [4.78, 5) is 6.07. The molecule has 1 rings (SSSR count). The quantitative estimate of drug-likeness (QED) is 0.745. The van der Waals surface area contributed by atoms with Crippen LogP contribution < -0.4 is 4.74 Å². The standard InChI is InChI=1S/C10H16N2O2/c1-12(2)6-7-14-10-9(8-13)4-3-5-11-10/h3-5,13H,6-8H2,1-2H3. The van der Waals surface area contributed by atoms with Crippen molar-refractivity contribution in [1.82, 2.24) is 9.88 Å². The van der Waals surface area contributed by atoms with Crippen molar-refractivity contribution < 1.29 is 9.84 Å². The maximum atomic E-state index is 9.00. The third kappa shape index (κ3) is 3.32. The van der Waals surface area contributed by atoms with Gasteiger partial charge in [0.1, 0.15) is 6.61 Å². The SMILES string of the molecule is CN(C)CCOc1ncccc1CO. The van der Waals surface area contributed by atoms with Gasteiger partial charge >= 0.3 is 0 Å². The molecule has 0 aliphatic carbocycles. The van der Waals surface area contributed by atoms with Crippen LogP contribution >= 0.6 is 0 Å². The van der Waals surface area contributed by atoms with Crippen LogP contribution in [0.15, 0.2) is 18.3 Å². The lowest BCUT2D eigenvalue weighted by Gasteiger charge is -2.11. The molecule has 1 heterocycles. The molecule has 4 heteroatoms. The first-order valence-electron chi connectivity index (χ1n) is 4.56. The molecule has 0 aromatic carbocycles. The maximum absolute atomic E-state index is 9.00. The molecule has 78 valence electrons. The van der Waals surface area contributed by atoms with Gasteiger partial charge in [-0.3, -0.25) is 0 Å². The predicted octanol–water partition coefficient (Wildman–Crippen LogP) is 0.514. The number of pyridine rings is 1. The van der Waals surface area contributed by atoms with Crippen molar-refractivity contribution in [2.75, 3.05) is 27.2 Å². The maximum Gasteiger partial charge on any atom is 0.218 e. The van der Waals surface area contributed by atoms with Crippen LogP contribution in [-0.4, -0.2) is 42.2 Å². The van der Waals surface area contributed by atoms with Gasteiger partial charge in [-0.15, -0.1) is 0 Å². The first-order valence-corrected chi connectivity index (χ1v) is 4.56. The Morgan fingerprint density at radius 2 is 2.29 bits per heavy atom. The number of aliphatic hydroxyl groups is 1. The zero-order valence-electron chi connectivity index (χ0n) is 8.60. The number of aliphatic hydroxyl groups excluding tert-OH is 1. The fourth-order valence-corrected chi connectivity index (χ4v) is 0.999. The van der Waals surface area contributed by atoms with Crippen LogP contribution in [0.5, 0.6) is 5.88 Å². The van der Waals surface area contributed by atoms with Gasteiger partial charge in [0.05, 0.1) is 6.61 Å². The molecule has 0 fully saturated rings. The third-order valence-corrected chi connectivity index (χ3v) is 1.80. The summed E-state index contributed by atoms with van der Waals surface area (Å²) in [6, 6.07) is 3.59. The fraction of sp³-hybridized carbons (Fsp3) is 0.500. The number of hydrogen-bond acceptors (Lipinski definition) is 4. The largest absolute Gasteiger partial charge is 0.476 e. The molecule has 0 aliphatic heterocycles. The molecule has 0 atom stereocenters. The summed E-state index contributed by atoms with van der Waals surface area (Å²) in [6.45, 7) is 1.38. The molecule has 1 aromatic rings. The summed E-state index contributed by atoms with van der Waals surface area (Å²) in [5.41, 5.74) is 0.728. The van der Waals surface area contributed by atoms with Crippen LogP contribution in [0.3, 0.4) is 0 Å². The van der Waals surface area contributed by atoms with Crippen molar-refractivity contribution in [2.24, 2.45) is 0 Å². The van der Waals surface area contributed by atoms with E-state index in [0.29, 0.717) is 12.5 Å². The van der Waals surface area contributed by atoms with Crippen molar-refractivity contribution in [3.63, 3.8) is 0 Å². The van der Waals surface area contributed by atoms with E-state index in [1.54, 1.807) is 18.3 Å². The van der Waals surface area contributed by atoms with Crippen molar-refractivity contribution >= 4 is 0 Å². The first-order chi connectivity index (χ1) is 6.74. The van der Waals surface area contributed by atoms with Gasteiger partial charge in [-0.1, -0.05) is 0 Å². The number of likely N-dealkylation sites (N-methyl/N-ethyl adjacent to an activating group) is 1. The average molecular weight is 196 g/mol. The smallest absolute Gasteiger partial charge is 0.218 e. The van der Waals surface area contributed by atoms with Crippen molar-refractivity contribution in [1.29, 1.82) is 0 Å². The normalized spacial score (nSPS) is 10.6. The molecule has 0 saturated carbocycles. The van der Waals surface area contributed by atoms with Crippen LogP contribution in [0.4, 0.5) is 0 Å². The second-order valence-corrected chi connectivity index (χ2v) is 3.28. The molecule has 14 heavy (non-hydrogen) atoms.